The molecule has 0 saturated carbocycles. The fraction of sp³-hybridized carbons (Fsp3) is 0.192. The van der Waals surface area contributed by atoms with Crippen molar-refractivity contribution in [2.24, 2.45) is 14.1 Å². The Morgan fingerprint density at radius 3 is 1.34 bits per heavy atom. The first-order valence-electron chi connectivity index (χ1n) is 22.7. The molecule has 0 unspecified atom stereocenters. The molecule has 0 atom stereocenters. The summed E-state index contributed by atoms with van der Waals surface area (Å²) in [5.41, 5.74) is 4.09. The normalized spacial score (nSPS) is 12.5. The summed E-state index contributed by atoms with van der Waals surface area (Å²) in [6.45, 7) is 0. The Morgan fingerprint density at radius 1 is 0.597 bits per heavy atom. The van der Waals surface area contributed by atoms with E-state index in [4.69, 9.17) is 8.83 Å². The lowest BCUT2D eigenvalue weighted by atomic mass is 9.99. The molecule has 1 saturated heterocycles. The summed E-state index contributed by atoms with van der Waals surface area (Å²) in [6, 6.07) is 21.9. The van der Waals surface area contributed by atoms with E-state index in [1.54, 1.807) is 50.8 Å². The largest absolute Gasteiger partial charge is 0.455 e. The second-order valence-electron chi connectivity index (χ2n) is 17.4. The quantitative estimate of drug-likeness (QED) is 0.0980. The number of rotatable bonds is 10. The van der Waals surface area contributed by atoms with Crippen molar-refractivity contribution in [3.05, 3.63) is 151 Å². The van der Waals surface area contributed by atoms with Gasteiger partial charge in [-0.3, -0.25) is 37.4 Å². The Labute approximate surface area is 456 Å². The molecule has 2 N–H and O–H groups in total. The lowest BCUT2D eigenvalue weighted by Crippen LogP contribution is -2.25. The average molecular weight is 1220 g/mol. The summed E-state index contributed by atoms with van der Waals surface area (Å²) in [5.74, 6) is -1.58. The highest BCUT2D eigenvalue weighted by Crippen LogP contribution is 2.43. The van der Waals surface area contributed by atoms with Gasteiger partial charge in [-0.15, -0.1) is 0 Å². The van der Waals surface area contributed by atoms with Gasteiger partial charge in [0.2, 0.25) is 37.4 Å². The van der Waals surface area contributed by atoms with Crippen molar-refractivity contribution in [3.63, 3.8) is 0 Å². The van der Waals surface area contributed by atoms with E-state index in [0.29, 0.717) is 62.7 Å². The lowest BCUT2D eigenvalue weighted by Gasteiger charge is -2.21. The van der Waals surface area contributed by atoms with Crippen LogP contribution < -0.4 is 30.4 Å². The minimum absolute atomic E-state index is 0.144. The summed E-state index contributed by atoms with van der Waals surface area (Å²) in [7, 11) is 1.61. The first-order chi connectivity index (χ1) is 36.1. The molecule has 0 radical (unpaired) electrons. The van der Waals surface area contributed by atoms with Crippen LogP contribution in [0.4, 0.5) is 20.2 Å². The second-order valence-corrected chi connectivity index (χ2v) is 23.0. The van der Waals surface area contributed by atoms with E-state index in [9.17, 15) is 54.4 Å². The number of amides is 4. The molecule has 1 aliphatic heterocycles. The number of hydrogen-bond acceptors (Lipinski definition) is 12. The fourth-order valence-electron chi connectivity index (χ4n) is 8.04. The number of sulfonamides is 2. The van der Waals surface area contributed by atoms with Crippen LogP contribution in [0.2, 0.25) is 0 Å². The minimum Gasteiger partial charge on any atom is -0.455 e. The van der Waals surface area contributed by atoms with E-state index in [1.807, 2.05) is 0 Å². The number of nitrogens with one attached hydrogen (secondary N) is 2. The van der Waals surface area contributed by atoms with Crippen molar-refractivity contribution >= 4 is 109 Å². The molecule has 77 heavy (non-hydrogen) atoms. The molecule has 5 heterocycles. The summed E-state index contributed by atoms with van der Waals surface area (Å²) in [4.78, 5) is 70.8. The van der Waals surface area contributed by atoms with Gasteiger partial charge in [0.05, 0.1) is 55.6 Å². The van der Waals surface area contributed by atoms with Crippen molar-refractivity contribution in [2.75, 3.05) is 49.3 Å². The maximum absolute atomic E-state index is 13.5. The van der Waals surface area contributed by atoms with Gasteiger partial charge in [0.15, 0.2) is 0 Å². The van der Waals surface area contributed by atoms with Gasteiger partial charge in [0, 0.05) is 130 Å². The predicted molar refractivity (Wildman–Crippen MR) is 296 cm³/mol. The monoisotopic (exact) mass is 1220 g/mol. The van der Waals surface area contributed by atoms with Crippen LogP contribution >= 0.6 is 32.1 Å². The van der Waals surface area contributed by atoms with Crippen molar-refractivity contribution in [1.29, 1.82) is 0 Å². The standard InChI is InChI=1S/C24H21BrFN3O5S.C24H22FN3O5S.C4H4BrNO2/c1-27-23(30)21-17-10-16(14-9-18(25)24(31)28(2)12-14)19(29(3)35(4,32)33)11-20(17)34-22(21)13-5-7-15(26)8-6-13;1-26-24(30)22-18-11-17(15-7-10-21(29)27(2)13-15)19(28(3)34(4,31)32)12-20(18)33-23(22)14-5-8-16(25)9-6-14;5-6-3(7)1-2-4(6)8/h5-12H,1-4H3,(H,27,30);5-13H,1-4H3,(H,26,30);1-2H2. The number of carbonyl (C=O) groups is 4. The Hall–Kier alpha value is -7.74. The van der Waals surface area contributed by atoms with Crippen molar-refractivity contribution in [1.82, 2.24) is 23.7 Å². The van der Waals surface area contributed by atoms with Gasteiger partial charge in [-0.25, -0.2) is 29.5 Å². The van der Waals surface area contributed by atoms with Crippen LogP contribution in [0.1, 0.15) is 33.6 Å². The molecule has 402 valence electrons. The van der Waals surface area contributed by atoms with Crippen LogP contribution in [0.3, 0.4) is 0 Å². The maximum atomic E-state index is 13.5. The molecule has 1 fully saturated rings. The highest BCUT2D eigenvalue weighted by Gasteiger charge is 2.29. The molecular formula is C52H47Br2F2N7O12S2. The number of pyridine rings is 2. The van der Waals surface area contributed by atoms with Crippen LogP contribution in [-0.4, -0.2) is 94.2 Å². The number of anilines is 2. The van der Waals surface area contributed by atoms with Gasteiger partial charge in [0.25, 0.3) is 17.4 Å². The van der Waals surface area contributed by atoms with Crippen molar-refractivity contribution < 1.29 is 53.6 Å². The lowest BCUT2D eigenvalue weighted by molar-refractivity contribution is -0.131. The third-order valence-electron chi connectivity index (χ3n) is 12.2. The van der Waals surface area contributed by atoms with Crippen LogP contribution in [0.25, 0.3) is 66.8 Å². The molecule has 4 aromatic carbocycles. The van der Waals surface area contributed by atoms with Crippen LogP contribution in [-0.2, 0) is 43.7 Å². The number of imide groups is 1. The fourth-order valence-corrected chi connectivity index (χ4v) is 9.93. The molecule has 1 aliphatic rings. The first kappa shape index (κ1) is 57.0. The van der Waals surface area contributed by atoms with E-state index < -0.39 is 43.5 Å². The van der Waals surface area contributed by atoms with Gasteiger partial charge >= 0.3 is 0 Å². The maximum Gasteiger partial charge on any atom is 0.264 e. The summed E-state index contributed by atoms with van der Waals surface area (Å²) < 4.78 is 95.0. The van der Waals surface area contributed by atoms with Crippen LogP contribution in [0.5, 0.6) is 0 Å². The van der Waals surface area contributed by atoms with Gasteiger partial charge in [-0.1, -0.05) is 0 Å². The third-order valence-corrected chi connectivity index (χ3v) is 16.0. The number of carbonyl (C=O) groups excluding carboxylic acids is 4. The SMILES string of the molecule is CNC(=O)c1c(-c2ccc(F)cc2)oc2cc(N(C)S(C)(=O)=O)c(-c3cc(Br)c(=O)n(C)c3)cc12.CNC(=O)c1c(-c2ccc(F)cc2)oc2cc(N(C)S(C)(=O)=O)c(-c3ccc(=O)n(C)c3)cc12.O=C1CCC(=O)N1Br. The number of halogens is 4. The Kier molecular flexibility index (Phi) is 16.6. The molecular weight excluding hydrogens is 1180 g/mol. The van der Waals surface area contributed by atoms with Gasteiger partial charge in [0.1, 0.15) is 34.3 Å². The van der Waals surface area contributed by atoms with Gasteiger partial charge in [-0.2, -0.15) is 0 Å². The number of aryl methyl sites for hydroxylation is 2. The minimum atomic E-state index is -3.67. The second kappa shape index (κ2) is 22.5. The molecule has 0 spiro atoms. The Morgan fingerprint density at radius 2 is 0.987 bits per heavy atom. The van der Waals surface area contributed by atoms with E-state index in [0.717, 1.165) is 25.0 Å². The number of benzene rings is 4. The van der Waals surface area contributed by atoms with Gasteiger partial charge in [-0.05, 0) is 88.7 Å². The average Bonchev–Trinajstić information content (AvgIpc) is 4.08. The number of fused-ring (bicyclic) bond motifs is 2. The number of aromatic nitrogens is 2. The molecule has 25 heteroatoms. The van der Waals surface area contributed by atoms with Crippen LogP contribution in [0.15, 0.2) is 126 Å². The van der Waals surface area contributed by atoms with Crippen molar-refractivity contribution in [2.45, 2.75) is 12.8 Å². The van der Waals surface area contributed by atoms with E-state index in [-0.39, 0.29) is 66.9 Å². The molecule has 4 amide bonds. The van der Waals surface area contributed by atoms with E-state index >= 15 is 0 Å². The Balaban J connectivity index is 0.000000195. The zero-order valence-electron chi connectivity index (χ0n) is 42.2. The molecule has 9 rings (SSSR count). The van der Waals surface area contributed by atoms with E-state index in [1.165, 1.54) is 104 Å². The smallest absolute Gasteiger partial charge is 0.264 e. The highest BCUT2D eigenvalue weighted by molar-refractivity contribution is 9.10. The number of furan rings is 2. The summed E-state index contributed by atoms with van der Waals surface area (Å²) in [5, 5.41) is 6.05. The topological polar surface area (TPSA) is 241 Å². The van der Waals surface area contributed by atoms with Crippen LogP contribution in [0, 0.1) is 11.6 Å². The van der Waals surface area contributed by atoms with Gasteiger partial charge < -0.3 is 28.6 Å². The summed E-state index contributed by atoms with van der Waals surface area (Å²) in [6.07, 6.45) is 6.01. The highest BCUT2D eigenvalue weighted by atomic mass is 79.9. The molecule has 4 aromatic heterocycles. The Bertz CT molecular complexity index is 4010. The third kappa shape index (κ3) is 12.0. The zero-order valence-corrected chi connectivity index (χ0v) is 47.0. The zero-order chi connectivity index (χ0) is 56.6. The summed E-state index contributed by atoms with van der Waals surface area (Å²) >= 11 is 6.06. The molecule has 0 aliphatic carbocycles. The number of hydrogen-bond donors (Lipinski definition) is 2. The predicted octanol–water partition coefficient (Wildman–Crippen LogP) is 7.93. The van der Waals surface area contributed by atoms with Crippen molar-refractivity contribution in [3.8, 4) is 44.9 Å². The molecule has 19 nitrogen and oxygen atoms in total. The molecule has 0 bridgehead atoms. The number of nitrogens with zero attached hydrogens (tertiary/aromatic N) is 5. The first-order valence-corrected chi connectivity index (χ1v) is 27.9. The molecule has 8 aromatic rings. The van der Waals surface area contributed by atoms with E-state index in [2.05, 4.69) is 42.7 Å².